The number of nitrogens with one attached hydrogen (secondary N) is 1. The van der Waals surface area contributed by atoms with E-state index < -0.39 is 0 Å². The summed E-state index contributed by atoms with van der Waals surface area (Å²) >= 11 is 6.11. The summed E-state index contributed by atoms with van der Waals surface area (Å²) in [7, 11) is 0. The molecule has 1 atom stereocenters. The molecule has 0 amide bonds. The summed E-state index contributed by atoms with van der Waals surface area (Å²) in [5.41, 5.74) is 0.441. The highest BCUT2D eigenvalue weighted by molar-refractivity contribution is 6.32. The maximum atomic E-state index is 11.9. The van der Waals surface area contributed by atoms with E-state index in [0.29, 0.717) is 18.2 Å². The molecule has 1 unspecified atom stereocenters. The summed E-state index contributed by atoms with van der Waals surface area (Å²) in [5, 5.41) is 7.64. The van der Waals surface area contributed by atoms with Crippen molar-refractivity contribution in [1.29, 1.82) is 0 Å². The quantitative estimate of drug-likeness (QED) is 0.900. The second-order valence-corrected chi connectivity index (χ2v) is 6.13. The van der Waals surface area contributed by atoms with Gasteiger partial charge in [0.25, 0.3) is 5.56 Å². The van der Waals surface area contributed by atoms with Crippen molar-refractivity contribution in [2.24, 2.45) is 5.92 Å². The topological polar surface area (TPSA) is 50.2 Å². The molecule has 1 N–H and O–H groups in total. The van der Waals surface area contributed by atoms with Crippen molar-refractivity contribution in [1.82, 2.24) is 14.7 Å². The lowest BCUT2D eigenvalue weighted by atomic mass is 10.1. The third-order valence-electron chi connectivity index (χ3n) is 4.25. The minimum Gasteiger partial charge on any atom is -0.382 e. The molecule has 1 saturated heterocycles. The zero-order valence-corrected chi connectivity index (χ0v) is 12.6. The van der Waals surface area contributed by atoms with E-state index >= 15 is 0 Å². The lowest BCUT2D eigenvalue weighted by molar-refractivity contribution is 0.316. The summed E-state index contributed by atoms with van der Waals surface area (Å²) in [6, 6.07) is 0.846. The third kappa shape index (κ3) is 2.83. The van der Waals surface area contributed by atoms with Crippen LogP contribution in [0.4, 0.5) is 5.69 Å². The van der Waals surface area contributed by atoms with Gasteiger partial charge >= 0.3 is 0 Å². The van der Waals surface area contributed by atoms with Crippen molar-refractivity contribution < 1.29 is 0 Å². The molecule has 1 aliphatic heterocycles. The van der Waals surface area contributed by atoms with E-state index in [-0.39, 0.29) is 10.6 Å². The summed E-state index contributed by atoms with van der Waals surface area (Å²) < 4.78 is 1.37. The number of hydrogen-bond acceptors (Lipinski definition) is 4. The SMILES string of the molecule is CCn1ncc(NCC2CCN(C3CC3)C2)c(Cl)c1=O. The van der Waals surface area contributed by atoms with Crippen LogP contribution in [-0.2, 0) is 6.54 Å². The number of nitrogens with zero attached hydrogens (tertiary/aromatic N) is 3. The van der Waals surface area contributed by atoms with Gasteiger partial charge in [-0.2, -0.15) is 5.10 Å². The lowest BCUT2D eigenvalue weighted by Gasteiger charge is -2.16. The first-order valence-corrected chi connectivity index (χ1v) is 7.80. The third-order valence-corrected chi connectivity index (χ3v) is 4.61. The van der Waals surface area contributed by atoms with E-state index in [1.54, 1.807) is 6.20 Å². The smallest absolute Gasteiger partial charge is 0.287 e. The van der Waals surface area contributed by atoms with Crippen LogP contribution in [0, 0.1) is 5.92 Å². The van der Waals surface area contributed by atoms with Crippen LogP contribution in [0.1, 0.15) is 26.2 Å². The highest BCUT2D eigenvalue weighted by atomic mass is 35.5. The van der Waals surface area contributed by atoms with Gasteiger partial charge in [0.05, 0.1) is 11.9 Å². The number of halogens is 1. The average Bonchev–Trinajstić information content (AvgIpc) is 3.20. The molecule has 1 aliphatic carbocycles. The average molecular weight is 297 g/mol. The molecular weight excluding hydrogens is 276 g/mol. The second-order valence-electron chi connectivity index (χ2n) is 5.75. The molecule has 20 heavy (non-hydrogen) atoms. The predicted molar refractivity (Wildman–Crippen MR) is 80.4 cm³/mol. The second kappa shape index (κ2) is 5.74. The fraction of sp³-hybridized carbons (Fsp3) is 0.714. The highest BCUT2D eigenvalue weighted by Gasteiger charge is 2.34. The molecule has 0 aromatic carbocycles. The first kappa shape index (κ1) is 13.9. The van der Waals surface area contributed by atoms with Gasteiger partial charge in [-0.3, -0.25) is 4.79 Å². The number of aryl methyl sites for hydroxylation is 1. The Morgan fingerprint density at radius 3 is 2.95 bits per heavy atom. The molecule has 0 spiro atoms. The monoisotopic (exact) mass is 296 g/mol. The molecule has 2 aliphatic rings. The minimum absolute atomic E-state index is 0.217. The number of likely N-dealkylation sites (tertiary alicyclic amines) is 1. The lowest BCUT2D eigenvalue weighted by Crippen LogP contribution is -2.26. The molecule has 2 fully saturated rings. The van der Waals surface area contributed by atoms with Gasteiger partial charge in [-0.15, -0.1) is 0 Å². The molecule has 5 nitrogen and oxygen atoms in total. The Morgan fingerprint density at radius 2 is 2.25 bits per heavy atom. The Morgan fingerprint density at radius 1 is 1.45 bits per heavy atom. The van der Waals surface area contributed by atoms with Crippen LogP contribution in [0.2, 0.25) is 5.02 Å². The number of aromatic nitrogens is 2. The molecule has 110 valence electrons. The number of hydrogen-bond donors (Lipinski definition) is 1. The van der Waals surface area contributed by atoms with E-state index in [1.165, 1.54) is 30.5 Å². The van der Waals surface area contributed by atoms with Gasteiger partial charge < -0.3 is 10.2 Å². The molecule has 1 aromatic rings. The predicted octanol–water partition coefficient (Wildman–Crippen LogP) is 1.81. The Kier molecular flexibility index (Phi) is 3.98. The van der Waals surface area contributed by atoms with Crippen molar-refractivity contribution in [3.63, 3.8) is 0 Å². The van der Waals surface area contributed by atoms with E-state index in [2.05, 4.69) is 15.3 Å². The molecule has 3 rings (SSSR count). The van der Waals surface area contributed by atoms with Gasteiger partial charge in [0, 0.05) is 25.7 Å². The highest BCUT2D eigenvalue weighted by Crippen LogP contribution is 2.31. The summed E-state index contributed by atoms with van der Waals surface area (Å²) in [4.78, 5) is 14.5. The van der Waals surface area contributed by atoms with Crippen LogP contribution in [0.25, 0.3) is 0 Å². The first-order chi connectivity index (χ1) is 9.69. The molecular formula is C14H21ClN4O. The summed E-state index contributed by atoms with van der Waals surface area (Å²) in [5.74, 6) is 0.639. The largest absolute Gasteiger partial charge is 0.382 e. The Balaban J connectivity index is 1.58. The summed E-state index contributed by atoms with van der Waals surface area (Å²) in [6.07, 6.45) is 5.61. The Labute approximate surface area is 123 Å². The van der Waals surface area contributed by atoms with Crippen molar-refractivity contribution in [2.75, 3.05) is 25.0 Å². The van der Waals surface area contributed by atoms with Crippen LogP contribution in [0.15, 0.2) is 11.0 Å². The molecule has 2 heterocycles. The Hall–Kier alpha value is -1.07. The zero-order valence-electron chi connectivity index (χ0n) is 11.8. The summed E-state index contributed by atoms with van der Waals surface area (Å²) in [6.45, 7) is 5.65. The normalized spacial score (nSPS) is 23.2. The molecule has 1 saturated carbocycles. The van der Waals surface area contributed by atoms with Gasteiger partial charge in [-0.1, -0.05) is 11.6 Å². The standard InChI is InChI=1S/C14H21ClN4O/c1-2-19-14(20)13(15)12(8-17-19)16-7-10-5-6-18(9-10)11-3-4-11/h8,10-11,16H,2-7,9H2,1H3. The maximum Gasteiger partial charge on any atom is 0.287 e. The zero-order chi connectivity index (χ0) is 14.1. The molecule has 1 aromatic heterocycles. The van der Waals surface area contributed by atoms with Crippen molar-refractivity contribution in [3.8, 4) is 0 Å². The van der Waals surface area contributed by atoms with Gasteiger partial charge in [0.1, 0.15) is 5.02 Å². The molecule has 0 bridgehead atoms. The van der Waals surface area contributed by atoms with Crippen molar-refractivity contribution in [2.45, 2.75) is 38.8 Å². The van der Waals surface area contributed by atoms with Crippen LogP contribution in [0.5, 0.6) is 0 Å². The van der Waals surface area contributed by atoms with Gasteiger partial charge in [0.2, 0.25) is 0 Å². The number of anilines is 1. The first-order valence-electron chi connectivity index (χ1n) is 7.42. The van der Waals surface area contributed by atoms with Crippen molar-refractivity contribution in [3.05, 3.63) is 21.6 Å². The molecule has 6 heteroatoms. The fourth-order valence-electron chi connectivity index (χ4n) is 2.87. The van der Waals surface area contributed by atoms with Crippen molar-refractivity contribution >= 4 is 17.3 Å². The van der Waals surface area contributed by atoms with Crippen LogP contribution < -0.4 is 10.9 Å². The van der Waals surface area contributed by atoms with E-state index in [9.17, 15) is 4.79 Å². The van der Waals surface area contributed by atoms with Gasteiger partial charge in [-0.25, -0.2) is 4.68 Å². The molecule has 0 radical (unpaired) electrons. The minimum atomic E-state index is -0.217. The van der Waals surface area contributed by atoms with E-state index in [0.717, 1.165) is 19.1 Å². The van der Waals surface area contributed by atoms with E-state index in [4.69, 9.17) is 11.6 Å². The Bertz CT molecular complexity index is 540. The fourth-order valence-corrected chi connectivity index (χ4v) is 3.08. The van der Waals surface area contributed by atoms with Gasteiger partial charge in [0.15, 0.2) is 0 Å². The van der Waals surface area contributed by atoms with E-state index in [1.807, 2.05) is 6.92 Å². The van der Waals surface area contributed by atoms with Crippen LogP contribution >= 0.6 is 11.6 Å². The van der Waals surface area contributed by atoms with Gasteiger partial charge in [-0.05, 0) is 38.6 Å². The van der Waals surface area contributed by atoms with Crippen LogP contribution in [0.3, 0.4) is 0 Å². The number of rotatable bonds is 5. The maximum absolute atomic E-state index is 11.9. The van der Waals surface area contributed by atoms with Crippen LogP contribution in [-0.4, -0.2) is 40.4 Å².